The third-order valence-electron chi connectivity index (χ3n) is 9.98. The van der Waals surface area contributed by atoms with Gasteiger partial charge in [0.05, 0.1) is 40.8 Å². The van der Waals surface area contributed by atoms with Crippen LogP contribution in [0.4, 0.5) is 5.69 Å². The average Bonchev–Trinajstić information content (AvgIpc) is 3.32. The molecule has 1 unspecified atom stereocenters. The van der Waals surface area contributed by atoms with Gasteiger partial charge in [0.1, 0.15) is 11.6 Å². The highest BCUT2D eigenvalue weighted by Crippen LogP contribution is 2.59. The zero-order valence-corrected chi connectivity index (χ0v) is 27.1. The summed E-state index contributed by atoms with van der Waals surface area (Å²) in [5.41, 5.74) is -0.111. The quantitative estimate of drug-likeness (QED) is 0.418. The number of aliphatic hydroxyl groups is 1. The second-order valence-corrected chi connectivity index (χ2v) is 13.6. The van der Waals surface area contributed by atoms with Gasteiger partial charge in [0.15, 0.2) is 0 Å². The second kappa shape index (κ2) is 12.0. The first-order valence-electron chi connectivity index (χ1n) is 16.0. The number of para-hydroxylation sites is 1. The van der Waals surface area contributed by atoms with E-state index >= 15 is 0 Å². The number of ether oxygens (including phenoxy) is 1. The number of halogens is 1. The fraction of sp³-hybridized carbons (Fsp3) is 0.472. The zero-order valence-electron chi connectivity index (χ0n) is 26.4. The van der Waals surface area contributed by atoms with Crippen LogP contribution in [0.2, 0.25) is 5.02 Å². The molecule has 0 radical (unpaired) electrons. The van der Waals surface area contributed by atoms with Gasteiger partial charge >= 0.3 is 0 Å². The number of carbonyl (C=O) groups is 3. The Balaban J connectivity index is 1.50. The van der Waals surface area contributed by atoms with E-state index in [2.05, 4.69) is 0 Å². The molecule has 6 atom stereocenters. The number of benzene rings is 2. The van der Waals surface area contributed by atoms with E-state index < -0.39 is 35.1 Å². The Kier molecular flexibility index (Phi) is 8.44. The Hall–Kier alpha value is -3.46. The molecule has 1 N–H and O–H groups in total. The summed E-state index contributed by atoms with van der Waals surface area (Å²) in [6, 6.07) is 13.5. The summed E-state index contributed by atoms with van der Waals surface area (Å²) in [5.74, 6) is -2.51. The molecular weight excluding hydrogens is 590 g/mol. The summed E-state index contributed by atoms with van der Waals surface area (Å²) in [6.45, 7) is 8.59. The largest absolute Gasteiger partial charge is 0.394 e. The van der Waals surface area contributed by atoms with E-state index in [9.17, 15) is 19.5 Å². The van der Waals surface area contributed by atoms with Crippen molar-refractivity contribution in [3.63, 3.8) is 0 Å². The summed E-state index contributed by atoms with van der Waals surface area (Å²) in [7, 11) is 0. The lowest BCUT2D eigenvalue weighted by molar-refractivity contribution is -0.153. The van der Waals surface area contributed by atoms with Crippen LogP contribution < -0.4 is 4.90 Å². The van der Waals surface area contributed by atoms with Crippen LogP contribution in [0.5, 0.6) is 0 Å². The van der Waals surface area contributed by atoms with Gasteiger partial charge in [0.2, 0.25) is 11.8 Å². The van der Waals surface area contributed by atoms with Crippen molar-refractivity contribution in [2.75, 3.05) is 24.6 Å². The number of amides is 3. The molecule has 0 aliphatic carbocycles. The zero-order chi connectivity index (χ0) is 32.1. The third kappa shape index (κ3) is 5.02. The van der Waals surface area contributed by atoms with Gasteiger partial charge in [-0.15, -0.1) is 0 Å². The topological polar surface area (TPSA) is 90.4 Å². The Labute approximate surface area is 270 Å². The maximum absolute atomic E-state index is 14.9. The van der Waals surface area contributed by atoms with Gasteiger partial charge in [0, 0.05) is 19.6 Å². The summed E-state index contributed by atoms with van der Waals surface area (Å²) in [5, 5.41) is 11.1. The van der Waals surface area contributed by atoms with E-state index in [-0.39, 0.29) is 36.8 Å². The fourth-order valence-electron chi connectivity index (χ4n) is 8.08. The minimum absolute atomic E-state index is 0.143. The van der Waals surface area contributed by atoms with Crippen LogP contribution in [-0.2, 0) is 25.7 Å². The normalized spacial score (nSPS) is 30.0. The summed E-state index contributed by atoms with van der Waals surface area (Å²) >= 11 is 6.69. The minimum atomic E-state index is -1.42. The van der Waals surface area contributed by atoms with Crippen molar-refractivity contribution in [2.45, 2.75) is 70.4 Å². The van der Waals surface area contributed by atoms with E-state index in [4.69, 9.17) is 16.3 Å². The van der Waals surface area contributed by atoms with Crippen molar-refractivity contribution in [2.24, 2.45) is 17.8 Å². The fourth-order valence-corrected chi connectivity index (χ4v) is 8.40. The van der Waals surface area contributed by atoms with Crippen LogP contribution in [0.15, 0.2) is 72.8 Å². The predicted molar refractivity (Wildman–Crippen MR) is 173 cm³/mol. The lowest BCUT2D eigenvalue weighted by Gasteiger charge is -2.41. The highest BCUT2D eigenvalue weighted by molar-refractivity contribution is 6.34. The molecule has 238 valence electrons. The lowest BCUT2D eigenvalue weighted by Crippen LogP contribution is -2.59. The standard InChI is InChI=1S/C36H42ClN3O5/c1-5-35-16-10-18-38(21-25-13-7-6-8-14-25)32(42)28(35)29-33(43)40(26(22-41)20-23(2)3)31-34(44)39(19-11-17-36(29,31)45-35)30-24(4)12-9-15-27(30)37/h6-17,23,26,28-29,31,41H,5,18-22H2,1-4H3/t26-,28+,29+,31?,35-,36+/m1/s1. The molecule has 1 spiro atoms. The summed E-state index contributed by atoms with van der Waals surface area (Å²) < 4.78 is 7.12. The van der Waals surface area contributed by atoms with Crippen LogP contribution in [-0.4, -0.2) is 75.6 Å². The first-order chi connectivity index (χ1) is 21.6. The van der Waals surface area contributed by atoms with Gasteiger partial charge in [0.25, 0.3) is 5.91 Å². The molecule has 4 heterocycles. The molecule has 2 aromatic carbocycles. The number of hydrogen-bond donors (Lipinski definition) is 1. The highest BCUT2D eigenvalue weighted by atomic mass is 35.5. The molecule has 2 aromatic rings. The first kappa shape index (κ1) is 31.5. The van der Waals surface area contributed by atoms with Gasteiger partial charge in [-0.3, -0.25) is 14.4 Å². The van der Waals surface area contributed by atoms with Crippen molar-refractivity contribution in [3.05, 3.63) is 89.0 Å². The van der Waals surface area contributed by atoms with E-state index in [1.165, 1.54) is 0 Å². The van der Waals surface area contributed by atoms with E-state index in [0.29, 0.717) is 36.6 Å². The molecule has 2 fully saturated rings. The van der Waals surface area contributed by atoms with Crippen molar-refractivity contribution in [1.82, 2.24) is 9.80 Å². The number of aryl methyl sites for hydroxylation is 1. The molecule has 4 aliphatic rings. The summed E-state index contributed by atoms with van der Waals surface area (Å²) in [6.07, 6.45) is 8.55. The smallest absolute Gasteiger partial charge is 0.253 e. The average molecular weight is 632 g/mol. The number of carbonyl (C=O) groups excluding carboxylic acids is 3. The van der Waals surface area contributed by atoms with Gasteiger partial charge in [-0.1, -0.05) is 99.1 Å². The maximum atomic E-state index is 14.9. The van der Waals surface area contributed by atoms with E-state index in [1.54, 1.807) is 20.8 Å². The molecule has 8 nitrogen and oxygen atoms in total. The van der Waals surface area contributed by atoms with Crippen molar-refractivity contribution < 1.29 is 24.2 Å². The Bertz CT molecular complexity index is 1520. The molecule has 0 aromatic heterocycles. The monoisotopic (exact) mass is 631 g/mol. The van der Waals surface area contributed by atoms with Crippen LogP contribution in [0.1, 0.15) is 44.7 Å². The van der Waals surface area contributed by atoms with Crippen molar-refractivity contribution >= 4 is 35.0 Å². The Morgan fingerprint density at radius 3 is 2.36 bits per heavy atom. The van der Waals surface area contributed by atoms with Gasteiger partial charge in [-0.2, -0.15) is 0 Å². The SMILES string of the molecule is CC[C@@]12C=CCN(Cc3ccccc3)C(=O)[C@@H]1[C@H]1C(=O)N([C@@H](CO)CC(C)C)C3C(=O)N(c4c(C)cccc4Cl)CC=C[C@@]31O2. The number of rotatable bonds is 8. The Morgan fingerprint density at radius 1 is 0.956 bits per heavy atom. The lowest BCUT2D eigenvalue weighted by atomic mass is 9.73. The molecule has 9 heteroatoms. The van der Waals surface area contributed by atoms with Crippen LogP contribution >= 0.6 is 11.6 Å². The molecular formula is C36H42ClN3O5. The van der Waals surface area contributed by atoms with Crippen LogP contribution in [0.25, 0.3) is 0 Å². The number of aliphatic hydroxyl groups excluding tert-OH is 1. The van der Waals surface area contributed by atoms with Gasteiger partial charge in [-0.05, 0) is 42.9 Å². The van der Waals surface area contributed by atoms with E-state index in [1.807, 2.05) is 94.5 Å². The molecule has 2 saturated heterocycles. The number of likely N-dealkylation sites (tertiary alicyclic amines) is 1. The minimum Gasteiger partial charge on any atom is -0.394 e. The first-order valence-corrected chi connectivity index (χ1v) is 16.3. The number of hydrogen-bond acceptors (Lipinski definition) is 5. The second-order valence-electron chi connectivity index (χ2n) is 13.2. The maximum Gasteiger partial charge on any atom is 0.253 e. The van der Waals surface area contributed by atoms with Crippen LogP contribution in [0.3, 0.4) is 0 Å². The molecule has 0 saturated carbocycles. The highest BCUT2D eigenvalue weighted by Gasteiger charge is 2.76. The molecule has 6 rings (SSSR count). The molecule has 45 heavy (non-hydrogen) atoms. The van der Waals surface area contributed by atoms with Crippen LogP contribution in [0, 0.1) is 24.7 Å². The number of anilines is 1. The number of nitrogens with zero attached hydrogens (tertiary/aromatic N) is 3. The Morgan fingerprint density at radius 2 is 1.69 bits per heavy atom. The number of fused-ring (bicyclic) bond motifs is 2. The van der Waals surface area contributed by atoms with Gasteiger partial charge < -0.3 is 24.5 Å². The molecule has 4 aliphatic heterocycles. The van der Waals surface area contributed by atoms with Crippen molar-refractivity contribution in [1.29, 1.82) is 0 Å². The predicted octanol–water partition coefficient (Wildman–Crippen LogP) is 4.92. The third-order valence-corrected chi connectivity index (χ3v) is 10.3. The van der Waals surface area contributed by atoms with Crippen molar-refractivity contribution in [3.8, 4) is 0 Å². The van der Waals surface area contributed by atoms with Gasteiger partial charge in [-0.25, -0.2) is 0 Å². The molecule has 0 bridgehead atoms. The molecule has 3 amide bonds. The summed E-state index contributed by atoms with van der Waals surface area (Å²) in [4.78, 5) is 49.5. The van der Waals surface area contributed by atoms with E-state index in [0.717, 1.165) is 11.1 Å².